The van der Waals surface area contributed by atoms with Crippen molar-refractivity contribution in [3.8, 4) is 5.75 Å². The van der Waals surface area contributed by atoms with E-state index < -0.39 is 18.6 Å². The summed E-state index contributed by atoms with van der Waals surface area (Å²) < 4.78 is 5.46. The predicted octanol–water partition coefficient (Wildman–Crippen LogP) is 4.26. The van der Waals surface area contributed by atoms with Crippen LogP contribution in [0.15, 0.2) is 42.5 Å². The highest BCUT2D eigenvalue weighted by molar-refractivity contribution is 6.09. The maximum Gasteiger partial charge on any atom is 0.415 e. The van der Waals surface area contributed by atoms with Crippen molar-refractivity contribution >= 4 is 34.6 Å². The Kier molecular flexibility index (Phi) is 8.25. The zero-order valence-corrected chi connectivity index (χ0v) is 19.9. The third kappa shape index (κ3) is 6.47. The van der Waals surface area contributed by atoms with Crippen LogP contribution in [0.4, 0.5) is 4.79 Å². The van der Waals surface area contributed by atoms with E-state index in [1.807, 2.05) is 26.0 Å². The summed E-state index contributed by atoms with van der Waals surface area (Å²) in [4.78, 5) is 41.2. The molecule has 3 aromatic rings. The molecule has 0 unspecified atom stereocenters. The van der Waals surface area contributed by atoms with Gasteiger partial charge < -0.3 is 20.6 Å². The van der Waals surface area contributed by atoms with Gasteiger partial charge in [-0.3, -0.25) is 19.9 Å². The smallest absolute Gasteiger partial charge is 0.415 e. The number of aliphatic carboxylic acids is 1. The van der Waals surface area contributed by atoms with E-state index in [1.54, 1.807) is 30.3 Å². The fraction of sp³-hybridized carbons (Fsp3) is 0.308. The molecule has 0 saturated heterocycles. The van der Waals surface area contributed by atoms with E-state index in [9.17, 15) is 14.4 Å². The summed E-state index contributed by atoms with van der Waals surface area (Å²) in [6.45, 7) is 3.61. The monoisotopic (exact) mass is 478 g/mol. The molecule has 1 amide bonds. The van der Waals surface area contributed by atoms with Gasteiger partial charge in [-0.05, 0) is 43.5 Å². The fourth-order valence-corrected chi connectivity index (χ4v) is 3.87. The van der Waals surface area contributed by atoms with Crippen molar-refractivity contribution in [2.45, 2.75) is 39.5 Å². The van der Waals surface area contributed by atoms with Crippen molar-refractivity contribution in [2.24, 2.45) is 5.73 Å². The number of ketones is 1. The molecular weight excluding hydrogens is 448 g/mol. The number of unbranched alkanes of at least 4 members (excludes halogenated alkanes) is 1. The van der Waals surface area contributed by atoms with Crippen LogP contribution in [-0.2, 0) is 11.2 Å². The summed E-state index contributed by atoms with van der Waals surface area (Å²) in [5, 5.41) is 17.2. The van der Waals surface area contributed by atoms with Gasteiger partial charge >= 0.3 is 12.1 Å². The van der Waals surface area contributed by atoms with E-state index in [1.165, 1.54) is 0 Å². The van der Waals surface area contributed by atoms with Crippen LogP contribution in [0.3, 0.4) is 0 Å². The van der Waals surface area contributed by atoms with Crippen LogP contribution in [0.5, 0.6) is 5.75 Å². The number of nitrogens with one attached hydrogen (secondary N) is 2. The maximum atomic E-state index is 13.1. The number of amides is 1. The lowest BCUT2D eigenvalue weighted by molar-refractivity contribution is -0.137. The molecule has 1 aromatic heterocycles. The number of carbonyl (C=O) groups excluding carboxylic acids is 2. The van der Waals surface area contributed by atoms with Crippen LogP contribution in [0.1, 0.15) is 53.4 Å². The van der Waals surface area contributed by atoms with Crippen molar-refractivity contribution in [3.05, 3.63) is 64.8 Å². The van der Waals surface area contributed by atoms with Gasteiger partial charge in [0.05, 0.1) is 0 Å². The minimum Gasteiger partial charge on any atom is -0.480 e. The average molecular weight is 479 g/mol. The molecule has 0 spiro atoms. The predicted molar refractivity (Wildman–Crippen MR) is 133 cm³/mol. The number of carboxylic acids is 1. The lowest BCUT2D eigenvalue weighted by Crippen LogP contribution is -2.38. The van der Waals surface area contributed by atoms with Gasteiger partial charge in [0.15, 0.2) is 5.78 Å². The first-order chi connectivity index (χ1) is 16.7. The Morgan fingerprint density at radius 3 is 2.49 bits per heavy atom. The number of aryl methyl sites for hydroxylation is 2. The third-order valence-corrected chi connectivity index (χ3v) is 5.71. The number of nitrogen functional groups attached to an aromatic ring is 1. The minimum absolute atomic E-state index is 0.00464. The molecule has 35 heavy (non-hydrogen) atoms. The minimum atomic E-state index is -1.11. The van der Waals surface area contributed by atoms with Crippen molar-refractivity contribution < 1.29 is 24.2 Å². The summed E-state index contributed by atoms with van der Waals surface area (Å²) in [7, 11) is 0. The Labute approximate surface area is 203 Å². The van der Waals surface area contributed by atoms with Crippen LogP contribution in [0.25, 0.3) is 10.9 Å². The molecule has 0 fully saturated rings. The van der Waals surface area contributed by atoms with E-state index >= 15 is 0 Å². The van der Waals surface area contributed by atoms with Gasteiger partial charge in [0.1, 0.15) is 18.1 Å². The molecule has 0 radical (unpaired) electrons. The van der Waals surface area contributed by atoms with Crippen molar-refractivity contribution in [3.63, 3.8) is 0 Å². The van der Waals surface area contributed by atoms with E-state index in [0.29, 0.717) is 29.4 Å². The van der Waals surface area contributed by atoms with E-state index in [4.69, 9.17) is 21.0 Å². The Bertz CT molecular complexity index is 1250. The Morgan fingerprint density at radius 2 is 1.86 bits per heavy atom. The molecule has 0 aliphatic rings. The zero-order valence-electron chi connectivity index (χ0n) is 19.9. The summed E-state index contributed by atoms with van der Waals surface area (Å²) in [6, 6.07) is 12.2. The number of carboxylic acid groups (broad SMARTS) is 1. The van der Waals surface area contributed by atoms with Crippen LogP contribution in [-0.4, -0.2) is 51.8 Å². The number of nitrogens with two attached hydrogens (primary N) is 1. The van der Waals surface area contributed by atoms with E-state index in [-0.39, 0.29) is 30.3 Å². The molecule has 9 nitrogen and oxygen atoms in total. The molecule has 3 rings (SSSR count). The van der Waals surface area contributed by atoms with Crippen LogP contribution >= 0.6 is 0 Å². The number of hydrogen-bond acceptors (Lipinski definition) is 5. The maximum absolute atomic E-state index is 13.1. The number of carbonyl (C=O) groups is 3. The molecule has 184 valence electrons. The summed E-state index contributed by atoms with van der Waals surface area (Å²) in [6.07, 6.45) is 1.54. The van der Waals surface area contributed by atoms with E-state index in [0.717, 1.165) is 28.1 Å². The topological polar surface area (TPSA) is 150 Å². The van der Waals surface area contributed by atoms with Crippen molar-refractivity contribution in [2.75, 3.05) is 13.1 Å². The Hall–Kier alpha value is -4.14. The quantitative estimate of drug-likeness (QED) is 0.184. The molecule has 0 bridgehead atoms. The second-order valence-corrected chi connectivity index (χ2v) is 8.40. The second kappa shape index (κ2) is 11.3. The van der Waals surface area contributed by atoms with Gasteiger partial charge in [0.2, 0.25) is 0 Å². The number of fused-ring (bicyclic) bond motifs is 1. The molecule has 0 atom stereocenters. The largest absolute Gasteiger partial charge is 0.480 e. The standard InChI is InChI=1S/C26H30N4O5/c1-3-4-13-30(15-23(32)33)26(34)35-19-10-11-21-20(14-19)24(16(2)29-21)22(31)12-7-17-5-8-18(9-6-17)25(27)28/h5-6,8-11,14,29H,3-4,7,12-13,15H2,1-2H3,(H3,27,28)(H,32,33). The molecule has 0 saturated carbocycles. The first kappa shape index (κ1) is 25.5. The number of Topliss-reactive ketones (excluding diaryl/α,β-unsaturated/α-hetero) is 1. The van der Waals surface area contributed by atoms with Gasteiger partial charge in [-0.2, -0.15) is 0 Å². The number of hydrogen-bond donors (Lipinski definition) is 4. The molecule has 0 aliphatic carbocycles. The highest BCUT2D eigenvalue weighted by atomic mass is 16.6. The lowest BCUT2D eigenvalue weighted by atomic mass is 9.99. The highest BCUT2D eigenvalue weighted by Crippen LogP contribution is 2.28. The number of nitrogens with zero attached hydrogens (tertiary/aromatic N) is 1. The number of ether oxygens (including phenoxy) is 1. The number of aromatic nitrogens is 1. The number of aromatic amines is 1. The number of rotatable bonds is 11. The van der Waals surface area contributed by atoms with Crippen molar-refractivity contribution in [1.82, 2.24) is 9.88 Å². The van der Waals surface area contributed by atoms with Gasteiger partial charge in [0.25, 0.3) is 0 Å². The first-order valence-corrected chi connectivity index (χ1v) is 11.5. The lowest BCUT2D eigenvalue weighted by Gasteiger charge is -2.19. The average Bonchev–Trinajstić information content (AvgIpc) is 3.15. The zero-order chi connectivity index (χ0) is 25.5. The van der Waals surface area contributed by atoms with Crippen LogP contribution in [0, 0.1) is 12.3 Å². The second-order valence-electron chi connectivity index (χ2n) is 8.40. The molecule has 5 N–H and O–H groups in total. The molecule has 1 heterocycles. The number of H-pyrrole nitrogens is 1. The Balaban J connectivity index is 1.76. The molecule has 9 heteroatoms. The summed E-state index contributed by atoms with van der Waals surface area (Å²) >= 11 is 0. The SMILES string of the molecule is CCCCN(CC(=O)O)C(=O)Oc1ccc2[nH]c(C)c(C(=O)CCc3ccc(C(=N)N)cc3)c2c1. The first-order valence-electron chi connectivity index (χ1n) is 11.5. The third-order valence-electron chi connectivity index (χ3n) is 5.71. The Morgan fingerprint density at radius 1 is 1.14 bits per heavy atom. The summed E-state index contributed by atoms with van der Waals surface area (Å²) in [5.41, 5.74) is 9.07. The highest BCUT2D eigenvalue weighted by Gasteiger charge is 2.20. The van der Waals surface area contributed by atoms with Crippen molar-refractivity contribution in [1.29, 1.82) is 5.41 Å². The molecule has 2 aromatic carbocycles. The van der Waals surface area contributed by atoms with Gasteiger partial charge in [-0.15, -0.1) is 0 Å². The summed E-state index contributed by atoms with van der Waals surface area (Å²) in [5.74, 6) is -0.931. The van der Waals surface area contributed by atoms with E-state index in [2.05, 4.69) is 4.98 Å². The normalized spacial score (nSPS) is 10.8. The van der Waals surface area contributed by atoms with Gasteiger partial charge in [0, 0.05) is 40.7 Å². The molecular formula is C26H30N4O5. The number of benzene rings is 2. The molecule has 0 aliphatic heterocycles. The van der Waals surface area contributed by atoms with Gasteiger partial charge in [-0.1, -0.05) is 37.6 Å². The fourth-order valence-electron chi connectivity index (χ4n) is 3.87. The van der Waals surface area contributed by atoms with Crippen LogP contribution in [0.2, 0.25) is 0 Å². The number of amidine groups is 1. The van der Waals surface area contributed by atoms with Gasteiger partial charge in [-0.25, -0.2) is 4.79 Å². The van der Waals surface area contributed by atoms with Crippen LogP contribution < -0.4 is 10.5 Å².